The third-order valence-corrected chi connectivity index (χ3v) is 5.34. The second-order valence-electron chi connectivity index (χ2n) is 7.02. The second-order valence-corrected chi connectivity index (χ2v) is 7.43. The Kier molecular flexibility index (Phi) is 6.09. The summed E-state index contributed by atoms with van der Waals surface area (Å²) in [7, 11) is 0. The van der Waals surface area contributed by atoms with E-state index in [1.807, 2.05) is 12.1 Å². The molecule has 6 nitrogen and oxygen atoms in total. The van der Waals surface area contributed by atoms with Crippen molar-refractivity contribution in [2.75, 3.05) is 36.0 Å². The standard InChI is InChI=1S/C22H21ClFN5O/c23-20-13-17(22(30)27-14-16-1-3-18(24)4-2-16)15-26-21(20)29-11-9-28(10-12-29)19-5-7-25-8-6-19/h1-8,13,15H,9-12,14H2,(H,27,30). The molecule has 2 aromatic heterocycles. The van der Waals surface area contributed by atoms with Crippen LogP contribution in [0.4, 0.5) is 15.9 Å². The predicted molar refractivity (Wildman–Crippen MR) is 115 cm³/mol. The highest BCUT2D eigenvalue weighted by Crippen LogP contribution is 2.26. The first kappa shape index (κ1) is 20.1. The van der Waals surface area contributed by atoms with Gasteiger partial charge in [-0.25, -0.2) is 9.37 Å². The zero-order valence-electron chi connectivity index (χ0n) is 16.3. The number of nitrogens with zero attached hydrogens (tertiary/aromatic N) is 4. The van der Waals surface area contributed by atoms with Gasteiger partial charge < -0.3 is 15.1 Å². The van der Waals surface area contributed by atoms with Crippen molar-refractivity contribution in [1.82, 2.24) is 15.3 Å². The number of halogens is 2. The average Bonchev–Trinajstić information content (AvgIpc) is 2.79. The van der Waals surface area contributed by atoms with Gasteiger partial charge in [0.05, 0.1) is 10.6 Å². The summed E-state index contributed by atoms with van der Waals surface area (Å²) < 4.78 is 13.0. The van der Waals surface area contributed by atoms with Gasteiger partial charge in [-0.15, -0.1) is 0 Å². The number of anilines is 2. The summed E-state index contributed by atoms with van der Waals surface area (Å²) in [5.41, 5.74) is 2.35. The molecule has 1 aromatic carbocycles. The maximum Gasteiger partial charge on any atom is 0.253 e. The summed E-state index contributed by atoms with van der Waals surface area (Å²) >= 11 is 6.45. The third-order valence-electron chi connectivity index (χ3n) is 5.06. The molecule has 1 fully saturated rings. The first-order chi connectivity index (χ1) is 14.6. The van der Waals surface area contributed by atoms with Gasteiger partial charge in [-0.3, -0.25) is 9.78 Å². The fraction of sp³-hybridized carbons (Fsp3) is 0.227. The van der Waals surface area contributed by atoms with E-state index < -0.39 is 0 Å². The Bertz CT molecular complexity index is 1010. The Balaban J connectivity index is 1.36. The van der Waals surface area contributed by atoms with Crippen LogP contribution in [-0.2, 0) is 6.54 Å². The van der Waals surface area contributed by atoms with Gasteiger partial charge in [0.25, 0.3) is 5.91 Å². The summed E-state index contributed by atoms with van der Waals surface area (Å²) in [6.07, 6.45) is 5.12. The number of piperazine rings is 1. The predicted octanol–water partition coefficient (Wildman–Crippen LogP) is 3.53. The van der Waals surface area contributed by atoms with Crippen molar-refractivity contribution in [3.8, 4) is 0 Å². The van der Waals surface area contributed by atoms with E-state index >= 15 is 0 Å². The van der Waals surface area contributed by atoms with Crippen LogP contribution in [0.5, 0.6) is 0 Å². The molecule has 1 amide bonds. The van der Waals surface area contributed by atoms with Crippen LogP contribution in [0.15, 0.2) is 61.1 Å². The summed E-state index contributed by atoms with van der Waals surface area (Å²) in [4.78, 5) is 25.3. The second kappa shape index (κ2) is 9.09. The molecule has 1 aliphatic heterocycles. The Hall–Kier alpha value is -3.19. The molecule has 0 bridgehead atoms. The van der Waals surface area contributed by atoms with Crippen molar-refractivity contribution in [2.24, 2.45) is 0 Å². The van der Waals surface area contributed by atoms with Crippen molar-refractivity contribution < 1.29 is 9.18 Å². The topological polar surface area (TPSA) is 61.4 Å². The zero-order valence-corrected chi connectivity index (χ0v) is 17.0. The number of pyridine rings is 2. The lowest BCUT2D eigenvalue weighted by Gasteiger charge is -2.37. The molecule has 0 spiro atoms. The molecule has 0 unspecified atom stereocenters. The number of carbonyl (C=O) groups excluding carboxylic acids is 1. The van der Waals surface area contributed by atoms with Gasteiger partial charge in [-0.2, -0.15) is 0 Å². The van der Waals surface area contributed by atoms with Crippen LogP contribution in [0.1, 0.15) is 15.9 Å². The molecule has 154 valence electrons. The number of benzene rings is 1. The number of aromatic nitrogens is 2. The van der Waals surface area contributed by atoms with Crippen molar-refractivity contribution in [1.29, 1.82) is 0 Å². The highest BCUT2D eigenvalue weighted by Gasteiger charge is 2.21. The number of hydrogen-bond acceptors (Lipinski definition) is 5. The largest absolute Gasteiger partial charge is 0.368 e. The minimum atomic E-state index is -0.307. The average molecular weight is 426 g/mol. The van der Waals surface area contributed by atoms with E-state index in [1.54, 1.807) is 30.6 Å². The molecule has 3 aromatic rings. The summed E-state index contributed by atoms with van der Waals surface area (Å²) in [6, 6.07) is 11.6. The van der Waals surface area contributed by atoms with E-state index in [9.17, 15) is 9.18 Å². The Labute approximate surface area is 179 Å². The molecule has 0 saturated carbocycles. The fourth-order valence-electron chi connectivity index (χ4n) is 3.41. The molecule has 3 heterocycles. The van der Waals surface area contributed by atoms with Gasteiger partial charge >= 0.3 is 0 Å². The minimum absolute atomic E-state index is 0.275. The van der Waals surface area contributed by atoms with Crippen molar-refractivity contribution in [2.45, 2.75) is 6.54 Å². The van der Waals surface area contributed by atoms with Crippen molar-refractivity contribution >= 4 is 29.0 Å². The number of amides is 1. The highest BCUT2D eigenvalue weighted by atomic mass is 35.5. The smallest absolute Gasteiger partial charge is 0.253 e. The Morgan fingerprint density at radius 2 is 1.70 bits per heavy atom. The van der Waals surface area contributed by atoms with Gasteiger partial charge in [-0.1, -0.05) is 23.7 Å². The summed E-state index contributed by atoms with van der Waals surface area (Å²) in [6.45, 7) is 3.57. The van der Waals surface area contributed by atoms with E-state index in [-0.39, 0.29) is 11.7 Å². The van der Waals surface area contributed by atoms with E-state index in [0.717, 1.165) is 37.4 Å². The van der Waals surface area contributed by atoms with Crippen LogP contribution in [0, 0.1) is 5.82 Å². The Morgan fingerprint density at radius 1 is 1.03 bits per heavy atom. The van der Waals surface area contributed by atoms with E-state index in [0.29, 0.717) is 22.9 Å². The monoisotopic (exact) mass is 425 g/mol. The number of rotatable bonds is 5. The number of hydrogen-bond donors (Lipinski definition) is 1. The van der Waals surface area contributed by atoms with Crippen LogP contribution in [0.25, 0.3) is 0 Å². The van der Waals surface area contributed by atoms with Crippen LogP contribution in [0.3, 0.4) is 0 Å². The fourth-order valence-corrected chi connectivity index (χ4v) is 3.69. The molecule has 1 aliphatic rings. The molecule has 0 atom stereocenters. The number of nitrogens with one attached hydrogen (secondary N) is 1. The molecular formula is C22H21ClFN5O. The molecule has 1 N–H and O–H groups in total. The maximum absolute atomic E-state index is 13.0. The van der Waals surface area contributed by atoms with E-state index in [1.165, 1.54) is 18.3 Å². The normalized spacial score (nSPS) is 13.9. The van der Waals surface area contributed by atoms with Crippen LogP contribution >= 0.6 is 11.6 Å². The lowest BCUT2D eigenvalue weighted by molar-refractivity contribution is 0.0950. The molecule has 8 heteroatoms. The SMILES string of the molecule is O=C(NCc1ccc(F)cc1)c1cnc(N2CCN(c3ccncc3)CC2)c(Cl)c1. The van der Waals surface area contributed by atoms with Crippen LogP contribution in [0.2, 0.25) is 5.02 Å². The molecule has 1 saturated heterocycles. The van der Waals surface area contributed by atoms with Crippen molar-refractivity contribution in [3.05, 3.63) is 83.0 Å². The van der Waals surface area contributed by atoms with Crippen LogP contribution in [-0.4, -0.2) is 42.1 Å². The summed E-state index contributed by atoms with van der Waals surface area (Å²) in [5, 5.41) is 3.25. The molecule has 0 aliphatic carbocycles. The minimum Gasteiger partial charge on any atom is -0.368 e. The van der Waals surface area contributed by atoms with Gasteiger partial charge in [0.1, 0.15) is 11.6 Å². The highest BCUT2D eigenvalue weighted by molar-refractivity contribution is 6.33. The first-order valence-electron chi connectivity index (χ1n) is 9.68. The van der Waals surface area contributed by atoms with Gasteiger partial charge in [-0.05, 0) is 35.9 Å². The number of carbonyl (C=O) groups is 1. The van der Waals surface area contributed by atoms with Gasteiger partial charge in [0, 0.05) is 57.0 Å². The zero-order chi connectivity index (χ0) is 20.9. The van der Waals surface area contributed by atoms with Crippen molar-refractivity contribution in [3.63, 3.8) is 0 Å². The van der Waals surface area contributed by atoms with Gasteiger partial charge in [0.2, 0.25) is 0 Å². The lowest BCUT2D eigenvalue weighted by atomic mass is 10.2. The molecule has 30 heavy (non-hydrogen) atoms. The van der Waals surface area contributed by atoms with E-state index in [2.05, 4.69) is 25.1 Å². The van der Waals surface area contributed by atoms with E-state index in [4.69, 9.17) is 11.6 Å². The molecule has 4 rings (SSSR count). The lowest BCUT2D eigenvalue weighted by Crippen LogP contribution is -2.47. The van der Waals surface area contributed by atoms with Crippen LogP contribution < -0.4 is 15.1 Å². The molecule has 0 radical (unpaired) electrons. The van der Waals surface area contributed by atoms with Gasteiger partial charge in [0.15, 0.2) is 0 Å². The molecular weight excluding hydrogens is 405 g/mol. The quantitative estimate of drug-likeness (QED) is 0.677. The summed E-state index contributed by atoms with van der Waals surface area (Å²) in [5.74, 6) is 0.0992. The maximum atomic E-state index is 13.0. The Morgan fingerprint density at radius 3 is 2.37 bits per heavy atom. The third kappa shape index (κ3) is 4.68. The first-order valence-corrected chi connectivity index (χ1v) is 10.1.